The van der Waals surface area contributed by atoms with Gasteiger partial charge in [-0.05, 0) is 33.2 Å². The number of carbonyl (C=O) groups is 1. The lowest BCUT2D eigenvalue weighted by atomic mass is 9.99. The van der Waals surface area contributed by atoms with E-state index in [1.807, 2.05) is 13.8 Å². The summed E-state index contributed by atoms with van der Waals surface area (Å²) >= 11 is 0. The van der Waals surface area contributed by atoms with Gasteiger partial charge in [-0.15, -0.1) is 0 Å². The fourth-order valence-electron chi connectivity index (χ4n) is 1.55. The maximum absolute atomic E-state index is 11.6. The molecule has 1 heterocycles. The SMILES string of the molecule is CCN1N=C(C)C(CCCN)C1=O. The monoisotopic (exact) mass is 183 g/mol. The van der Waals surface area contributed by atoms with Gasteiger partial charge in [-0.2, -0.15) is 5.10 Å². The number of hydrogen-bond donors (Lipinski definition) is 1. The van der Waals surface area contributed by atoms with Gasteiger partial charge < -0.3 is 5.73 Å². The van der Waals surface area contributed by atoms with Gasteiger partial charge in [-0.25, -0.2) is 5.01 Å². The number of nitrogens with zero attached hydrogens (tertiary/aromatic N) is 2. The Morgan fingerprint density at radius 3 is 2.77 bits per heavy atom. The molecule has 0 aromatic rings. The minimum Gasteiger partial charge on any atom is -0.330 e. The van der Waals surface area contributed by atoms with Crippen LogP contribution in [0.3, 0.4) is 0 Å². The quantitative estimate of drug-likeness (QED) is 0.693. The highest BCUT2D eigenvalue weighted by Crippen LogP contribution is 2.19. The molecule has 0 aromatic heterocycles. The molecule has 1 amide bonds. The van der Waals surface area contributed by atoms with Crippen molar-refractivity contribution in [2.45, 2.75) is 26.7 Å². The molecule has 0 bridgehead atoms. The number of rotatable bonds is 4. The van der Waals surface area contributed by atoms with Crippen molar-refractivity contribution in [3.8, 4) is 0 Å². The van der Waals surface area contributed by atoms with E-state index in [0.717, 1.165) is 18.6 Å². The Morgan fingerprint density at radius 1 is 1.62 bits per heavy atom. The average Bonchev–Trinajstić information content (AvgIpc) is 2.39. The zero-order valence-electron chi connectivity index (χ0n) is 8.29. The molecule has 1 atom stereocenters. The molecule has 0 aromatic carbocycles. The van der Waals surface area contributed by atoms with Crippen molar-refractivity contribution in [2.75, 3.05) is 13.1 Å². The number of amides is 1. The third-order valence-corrected chi connectivity index (χ3v) is 2.33. The van der Waals surface area contributed by atoms with E-state index >= 15 is 0 Å². The Balaban J connectivity index is 2.57. The van der Waals surface area contributed by atoms with E-state index in [2.05, 4.69) is 5.10 Å². The van der Waals surface area contributed by atoms with E-state index in [-0.39, 0.29) is 11.8 Å². The van der Waals surface area contributed by atoms with E-state index in [1.54, 1.807) is 0 Å². The molecule has 4 nitrogen and oxygen atoms in total. The molecule has 0 aliphatic carbocycles. The number of hydrogen-bond acceptors (Lipinski definition) is 3. The van der Waals surface area contributed by atoms with Crippen molar-refractivity contribution in [3.05, 3.63) is 0 Å². The number of nitrogens with two attached hydrogens (primary N) is 1. The molecular formula is C9H17N3O. The van der Waals surface area contributed by atoms with Crippen molar-refractivity contribution < 1.29 is 4.79 Å². The lowest BCUT2D eigenvalue weighted by Crippen LogP contribution is -2.27. The molecule has 2 N–H and O–H groups in total. The summed E-state index contributed by atoms with van der Waals surface area (Å²) in [5.41, 5.74) is 6.33. The summed E-state index contributed by atoms with van der Waals surface area (Å²) in [5, 5.41) is 5.72. The van der Waals surface area contributed by atoms with Crippen LogP contribution < -0.4 is 5.73 Å². The van der Waals surface area contributed by atoms with Crippen LogP contribution in [-0.2, 0) is 4.79 Å². The van der Waals surface area contributed by atoms with Crippen molar-refractivity contribution in [1.29, 1.82) is 0 Å². The van der Waals surface area contributed by atoms with Crippen molar-refractivity contribution >= 4 is 11.6 Å². The Hall–Kier alpha value is -0.900. The van der Waals surface area contributed by atoms with Gasteiger partial charge in [-0.1, -0.05) is 0 Å². The third-order valence-electron chi connectivity index (χ3n) is 2.33. The second-order valence-electron chi connectivity index (χ2n) is 3.28. The molecule has 0 saturated heterocycles. The standard InChI is InChI=1S/C9H17N3O/c1-3-12-9(13)8(5-4-6-10)7(2)11-12/h8H,3-6,10H2,1-2H3. The molecule has 0 saturated carbocycles. The highest BCUT2D eigenvalue weighted by atomic mass is 16.2. The number of hydrazone groups is 1. The first kappa shape index (κ1) is 10.2. The Kier molecular flexibility index (Phi) is 3.42. The second kappa shape index (κ2) is 4.37. The van der Waals surface area contributed by atoms with Crippen LogP contribution in [0.2, 0.25) is 0 Å². The third kappa shape index (κ3) is 2.06. The van der Waals surface area contributed by atoms with E-state index in [9.17, 15) is 4.79 Å². The highest BCUT2D eigenvalue weighted by Gasteiger charge is 2.31. The van der Waals surface area contributed by atoms with Gasteiger partial charge >= 0.3 is 0 Å². The molecular weight excluding hydrogens is 166 g/mol. The molecule has 1 unspecified atom stereocenters. The Labute approximate surface area is 78.8 Å². The fourth-order valence-corrected chi connectivity index (χ4v) is 1.55. The first-order chi connectivity index (χ1) is 6.20. The molecule has 0 fully saturated rings. The van der Waals surface area contributed by atoms with Crippen LogP contribution in [0.1, 0.15) is 26.7 Å². The van der Waals surface area contributed by atoms with Crippen molar-refractivity contribution in [2.24, 2.45) is 16.8 Å². The maximum atomic E-state index is 11.6. The van der Waals surface area contributed by atoms with E-state index < -0.39 is 0 Å². The summed E-state index contributed by atoms with van der Waals surface area (Å²) in [6.45, 7) is 5.15. The van der Waals surface area contributed by atoms with Crippen LogP contribution in [-0.4, -0.2) is 29.7 Å². The van der Waals surface area contributed by atoms with Gasteiger partial charge in [0, 0.05) is 12.3 Å². The van der Waals surface area contributed by atoms with E-state index in [4.69, 9.17) is 5.73 Å². The molecule has 1 rings (SSSR count). The molecule has 0 radical (unpaired) electrons. The topological polar surface area (TPSA) is 58.7 Å². The summed E-state index contributed by atoms with van der Waals surface area (Å²) in [4.78, 5) is 11.6. The lowest BCUT2D eigenvalue weighted by Gasteiger charge is -2.11. The van der Waals surface area contributed by atoms with Crippen LogP contribution in [0.4, 0.5) is 0 Å². The molecule has 4 heteroatoms. The van der Waals surface area contributed by atoms with Crippen LogP contribution in [0, 0.1) is 5.92 Å². The summed E-state index contributed by atoms with van der Waals surface area (Å²) in [7, 11) is 0. The molecule has 74 valence electrons. The molecule has 13 heavy (non-hydrogen) atoms. The molecule has 1 aliphatic heterocycles. The Morgan fingerprint density at radius 2 is 2.31 bits per heavy atom. The molecule has 0 spiro atoms. The average molecular weight is 183 g/mol. The van der Waals surface area contributed by atoms with E-state index in [1.165, 1.54) is 5.01 Å². The minimum absolute atomic E-state index is 0.0106. The predicted octanol–water partition coefficient (Wildman–Crippen LogP) is 0.580. The summed E-state index contributed by atoms with van der Waals surface area (Å²) in [6, 6.07) is 0. The smallest absolute Gasteiger partial charge is 0.251 e. The van der Waals surface area contributed by atoms with Crippen LogP contribution in [0.25, 0.3) is 0 Å². The van der Waals surface area contributed by atoms with Crippen LogP contribution in [0.15, 0.2) is 5.10 Å². The lowest BCUT2D eigenvalue weighted by molar-refractivity contribution is -0.131. The van der Waals surface area contributed by atoms with Crippen molar-refractivity contribution in [1.82, 2.24) is 5.01 Å². The fraction of sp³-hybridized carbons (Fsp3) is 0.778. The summed E-state index contributed by atoms with van der Waals surface area (Å²) in [6.07, 6.45) is 1.72. The van der Waals surface area contributed by atoms with Gasteiger partial charge in [0.2, 0.25) is 0 Å². The molecule has 1 aliphatic rings. The minimum atomic E-state index is -0.0106. The first-order valence-corrected chi connectivity index (χ1v) is 4.77. The van der Waals surface area contributed by atoms with Gasteiger partial charge in [0.15, 0.2) is 0 Å². The summed E-state index contributed by atoms with van der Waals surface area (Å²) in [5.74, 6) is 0.122. The van der Waals surface area contributed by atoms with Crippen LogP contribution >= 0.6 is 0 Å². The largest absolute Gasteiger partial charge is 0.330 e. The number of carbonyl (C=O) groups excluding carboxylic acids is 1. The highest BCUT2D eigenvalue weighted by molar-refractivity contribution is 6.06. The first-order valence-electron chi connectivity index (χ1n) is 4.77. The normalized spacial score (nSPS) is 22.4. The second-order valence-corrected chi connectivity index (χ2v) is 3.28. The zero-order valence-corrected chi connectivity index (χ0v) is 8.29. The van der Waals surface area contributed by atoms with Gasteiger partial charge in [0.1, 0.15) is 0 Å². The zero-order chi connectivity index (χ0) is 9.84. The maximum Gasteiger partial charge on any atom is 0.251 e. The van der Waals surface area contributed by atoms with E-state index in [0.29, 0.717) is 13.1 Å². The Bertz CT molecular complexity index is 225. The van der Waals surface area contributed by atoms with Gasteiger partial charge in [0.25, 0.3) is 5.91 Å². The van der Waals surface area contributed by atoms with Crippen molar-refractivity contribution in [3.63, 3.8) is 0 Å². The van der Waals surface area contributed by atoms with Gasteiger partial charge in [0.05, 0.1) is 5.92 Å². The predicted molar refractivity (Wildman–Crippen MR) is 52.3 cm³/mol. The van der Waals surface area contributed by atoms with Crippen LogP contribution in [0.5, 0.6) is 0 Å². The van der Waals surface area contributed by atoms with Gasteiger partial charge in [-0.3, -0.25) is 4.79 Å². The summed E-state index contributed by atoms with van der Waals surface area (Å²) < 4.78 is 0.